The molecule has 1 aromatic heterocycles. The molecule has 3 N–H and O–H groups in total. The molecule has 3 rings (SSSR count). The smallest absolute Gasteiger partial charge is 0.275 e. The number of piperazine rings is 1. The fraction of sp³-hybridized carbons (Fsp3) is 0.429. The average Bonchev–Trinajstić information content (AvgIpc) is 3.16. The number of hydrogen-bond donors (Lipinski definition) is 3. The minimum absolute atomic E-state index is 0.00687. The number of carbonyl (C=O) groups excluding carboxylic acids is 2. The zero-order chi connectivity index (χ0) is 19.1. The number of benzene rings is 1. The summed E-state index contributed by atoms with van der Waals surface area (Å²) in [6.07, 6.45) is 0.552. The van der Waals surface area contributed by atoms with Gasteiger partial charge < -0.3 is 15.1 Å². The molecule has 1 atom stereocenters. The van der Waals surface area contributed by atoms with Crippen LogP contribution >= 0.6 is 11.3 Å². The molecule has 6 heteroatoms. The van der Waals surface area contributed by atoms with Gasteiger partial charge >= 0.3 is 0 Å². The molecule has 2 heterocycles. The maximum Gasteiger partial charge on any atom is 0.275 e. The van der Waals surface area contributed by atoms with Crippen molar-refractivity contribution in [3.63, 3.8) is 0 Å². The van der Waals surface area contributed by atoms with E-state index in [0.717, 1.165) is 38.3 Å². The van der Waals surface area contributed by atoms with Gasteiger partial charge in [-0.15, -0.1) is 11.3 Å². The van der Waals surface area contributed by atoms with Crippen molar-refractivity contribution in [1.82, 2.24) is 5.32 Å². The SMILES string of the molecule is CC(=O)[C@@H](Cc1ccccc1)NC(=O)C[NH+]1CC[NH+](Cc2cccs2)CC1. The summed E-state index contributed by atoms with van der Waals surface area (Å²) >= 11 is 1.81. The first-order valence-electron chi connectivity index (χ1n) is 9.63. The highest BCUT2D eigenvalue weighted by molar-refractivity contribution is 7.09. The number of nitrogens with one attached hydrogen (secondary N) is 3. The highest BCUT2D eigenvalue weighted by Crippen LogP contribution is 2.06. The Labute approximate surface area is 165 Å². The summed E-state index contributed by atoms with van der Waals surface area (Å²) in [6, 6.07) is 13.7. The lowest BCUT2D eigenvalue weighted by Gasteiger charge is -2.29. The van der Waals surface area contributed by atoms with E-state index >= 15 is 0 Å². The quantitative estimate of drug-likeness (QED) is 0.564. The molecule has 2 aromatic rings. The van der Waals surface area contributed by atoms with Crippen LogP contribution in [0, 0.1) is 0 Å². The summed E-state index contributed by atoms with van der Waals surface area (Å²) < 4.78 is 0. The van der Waals surface area contributed by atoms with Crippen LogP contribution in [-0.4, -0.2) is 50.5 Å². The van der Waals surface area contributed by atoms with E-state index in [0.29, 0.717) is 13.0 Å². The molecule has 144 valence electrons. The van der Waals surface area contributed by atoms with Crippen molar-refractivity contribution in [2.75, 3.05) is 32.7 Å². The predicted molar refractivity (Wildman–Crippen MR) is 107 cm³/mol. The zero-order valence-electron chi connectivity index (χ0n) is 15.9. The lowest BCUT2D eigenvalue weighted by atomic mass is 10.0. The Morgan fingerprint density at radius 2 is 1.74 bits per heavy atom. The molecule has 0 aliphatic carbocycles. The molecule has 5 nitrogen and oxygen atoms in total. The number of ketones is 1. The minimum Gasteiger partial charge on any atom is -0.341 e. The normalized spacial score (nSPS) is 20.8. The largest absolute Gasteiger partial charge is 0.341 e. The molecule has 0 saturated carbocycles. The van der Waals surface area contributed by atoms with Gasteiger partial charge in [0.05, 0.1) is 10.9 Å². The molecule has 0 unspecified atom stereocenters. The number of thiophene rings is 1. The van der Waals surface area contributed by atoms with Crippen LogP contribution in [0.3, 0.4) is 0 Å². The van der Waals surface area contributed by atoms with E-state index in [1.165, 1.54) is 9.78 Å². The monoisotopic (exact) mass is 387 g/mol. The summed E-state index contributed by atoms with van der Waals surface area (Å²) in [6.45, 7) is 7.25. The first kappa shape index (κ1) is 19.7. The van der Waals surface area contributed by atoms with Crippen molar-refractivity contribution in [1.29, 1.82) is 0 Å². The molecular formula is C21H29N3O2S+2. The summed E-state index contributed by atoms with van der Waals surface area (Å²) in [4.78, 5) is 28.7. The van der Waals surface area contributed by atoms with E-state index in [2.05, 4.69) is 22.8 Å². The highest BCUT2D eigenvalue weighted by Gasteiger charge is 2.26. The summed E-state index contributed by atoms with van der Waals surface area (Å²) in [5, 5.41) is 5.07. The third kappa shape index (κ3) is 6.27. The van der Waals surface area contributed by atoms with Gasteiger partial charge in [-0.2, -0.15) is 0 Å². The molecule has 1 fully saturated rings. The third-order valence-electron chi connectivity index (χ3n) is 5.19. The van der Waals surface area contributed by atoms with Gasteiger partial charge in [0.25, 0.3) is 5.91 Å². The molecule has 0 spiro atoms. The summed E-state index contributed by atoms with van der Waals surface area (Å²) in [5.74, 6) is -0.0183. The molecule has 0 bridgehead atoms. The van der Waals surface area contributed by atoms with Crippen LogP contribution in [0.2, 0.25) is 0 Å². The van der Waals surface area contributed by atoms with Gasteiger partial charge in [0.1, 0.15) is 32.7 Å². The lowest BCUT2D eigenvalue weighted by molar-refractivity contribution is -1.01. The number of amides is 1. The van der Waals surface area contributed by atoms with Gasteiger partial charge in [0.2, 0.25) is 0 Å². The highest BCUT2D eigenvalue weighted by atomic mass is 32.1. The maximum absolute atomic E-state index is 12.5. The molecule has 1 aliphatic heterocycles. The van der Waals surface area contributed by atoms with Crippen molar-refractivity contribution in [2.45, 2.75) is 25.9 Å². The fourth-order valence-corrected chi connectivity index (χ4v) is 4.37. The van der Waals surface area contributed by atoms with E-state index in [1.54, 1.807) is 11.8 Å². The van der Waals surface area contributed by atoms with Gasteiger partial charge in [-0.1, -0.05) is 36.4 Å². The van der Waals surface area contributed by atoms with Crippen LogP contribution in [0.25, 0.3) is 0 Å². The van der Waals surface area contributed by atoms with E-state index in [9.17, 15) is 9.59 Å². The Bertz CT molecular complexity index is 725. The number of hydrogen-bond acceptors (Lipinski definition) is 3. The van der Waals surface area contributed by atoms with E-state index < -0.39 is 6.04 Å². The van der Waals surface area contributed by atoms with Crippen LogP contribution in [0.15, 0.2) is 47.8 Å². The molecule has 1 aliphatic rings. The number of quaternary nitrogens is 2. The van der Waals surface area contributed by atoms with Gasteiger partial charge in [-0.3, -0.25) is 9.59 Å². The van der Waals surface area contributed by atoms with Crippen LogP contribution in [0.5, 0.6) is 0 Å². The van der Waals surface area contributed by atoms with Crippen LogP contribution < -0.4 is 15.1 Å². The molecule has 27 heavy (non-hydrogen) atoms. The lowest BCUT2D eigenvalue weighted by Crippen LogP contribution is -3.28. The maximum atomic E-state index is 12.5. The van der Waals surface area contributed by atoms with Gasteiger partial charge in [0.15, 0.2) is 12.3 Å². The predicted octanol–water partition coefficient (Wildman–Crippen LogP) is -0.652. The first-order chi connectivity index (χ1) is 13.1. The molecule has 1 aromatic carbocycles. The van der Waals surface area contributed by atoms with Gasteiger partial charge in [-0.05, 0) is 30.4 Å². The fourth-order valence-electron chi connectivity index (χ4n) is 3.59. The minimum atomic E-state index is -0.440. The van der Waals surface area contributed by atoms with E-state index in [1.807, 2.05) is 41.7 Å². The zero-order valence-corrected chi connectivity index (χ0v) is 16.7. The third-order valence-corrected chi connectivity index (χ3v) is 6.06. The number of rotatable bonds is 8. The van der Waals surface area contributed by atoms with E-state index in [-0.39, 0.29) is 11.7 Å². The van der Waals surface area contributed by atoms with Crippen molar-refractivity contribution in [2.24, 2.45) is 0 Å². The summed E-state index contributed by atoms with van der Waals surface area (Å²) in [5.41, 5.74) is 1.07. The second-order valence-electron chi connectivity index (χ2n) is 7.35. The van der Waals surface area contributed by atoms with Crippen LogP contribution in [0.4, 0.5) is 0 Å². The summed E-state index contributed by atoms with van der Waals surface area (Å²) in [7, 11) is 0. The second-order valence-corrected chi connectivity index (χ2v) is 8.39. The Kier molecular flexibility index (Phi) is 7.15. The van der Waals surface area contributed by atoms with Crippen molar-refractivity contribution in [3.8, 4) is 0 Å². The van der Waals surface area contributed by atoms with Gasteiger partial charge in [0, 0.05) is 0 Å². The number of carbonyl (C=O) groups is 2. The van der Waals surface area contributed by atoms with Crippen molar-refractivity contribution in [3.05, 3.63) is 58.3 Å². The standard InChI is InChI=1S/C21H27N3O2S/c1-17(25)20(14-18-6-3-2-4-7-18)22-21(26)16-24-11-9-23(10-12-24)15-19-8-5-13-27-19/h2-8,13,20H,9-12,14-16H2,1H3,(H,22,26)/p+2/t20-/m1/s1. The molecule has 1 saturated heterocycles. The number of Topliss-reactive ketones (excluding diaryl/α,β-unsaturated/α-hetero) is 1. The van der Waals surface area contributed by atoms with E-state index in [4.69, 9.17) is 0 Å². The van der Waals surface area contributed by atoms with Crippen LogP contribution in [-0.2, 0) is 22.6 Å². The van der Waals surface area contributed by atoms with Crippen molar-refractivity contribution >= 4 is 23.0 Å². The second kappa shape index (κ2) is 9.78. The van der Waals surface area contributed by atoms with Crippen LogP contribution in [0.1, 0.15) is 17.4 Å². The molecule has 0 radical (unpaired) electrons. The van der Waals surface area contributed by atoms with Gasteiger partial charge in [-0.25, -0.2) is 0 Å². The Morgan fingerprint density at radius 3 is 2.37 bits per heavy atom. The average molecular weight is 388 g/mol. The Morgan fingerprint density at radius 1 is 1.04 bits per heavy atom. The Hall–Kier alpha value is -2.02. The molecule has 1 amide bonds. The molecular weight excluding hydrogens is 358 g/mol. The topological polar surface area (TPSA) is 55.0 Å². The Balaban J connectivity index is 1.43. The van der Waals surface area contributed by atoms with Crippen molar-refractivity contribution < 1.29 is 19.4 Å². The first-order valence-corrected chi connectivity index (χ1v) is 10.5.